The van der Waals surface area contributed by atoms with E-state index in [1.54, 1.807) is 6.26 Å². The van der Waals surface area contributed by atoms with Crippen molar-refractivity contribution in [3.63, 3.8) is 0 Å². The zero-order valence-corrected chi connectivity index (χ0v) is 19.3. The summed E-state index contributed by atoms with van der Waals surface area (Å²) >= 11 is 0. The molecular formula is C27H28N4O2. The van der Waals surface area contributed by atoms with Crippen molar-refractivity contribution in [1.82, 2.24) is 14.9 Å². The van der Waals surface area contributed by atoms with E-state index in [1.807, 2.05) is 53.4 Å². The number of hydrogen-bond donors (Lipinski definition) is 0. The molecule has 6 heteroatoms. The van der Waals surface area contributed by atoms with Gasteiger partial charge in [0.2, 0.25) is 0 Å². The van der Waals surface area contributed by atoms with Gasteiger partial charge in [-0.05, 0) is 47.4 Å². The molecule has 6 nitrogen and oxygen atoms in total. The van der Waals surface area contributed by atoms with Crippen LogP contribution in [0.4, 0.5) is 5.82 Å². The number of anilines is 1. The Hall–Kier alpha value is -3.67. The van der Waals surface area contributed by atoms with Crippen molar-refractivity contribution < 1.29 is 9.21 Å². The molecule has 1 fully saturated rings. The zero-order chi connectivity index (χ0) is 23.0. The highest BCUT2D eigenvalue weighted by Gasteiger charge is 2.25. The van der Waals surface area contributed by atoms with Gasteiger partial charge in [-0.3, -0.25) is 4.79 Å². The number of carbonyl (C=O) groups excluding carboxylic acids is 1. The topological polar surface area (TPSA) is 62.5 Å². The maximum absolute atomic E-state index is 13.1. The van der Waals surface area contributed by atoms with Gasteiger partial charge < -0.3 is 14.2 Å². The molecule has 4 aromatic rings. The highest BCUT2D eigenvalue weighted by molar-refractivity contribution is 5.95. The molecule has 0 saturated carbocycles. The fourth-order valence-corrected chi connectivity index (χ4v) is 4.23. The molecule has 1 aliphatic rings. The van der Waals surface area contributed by atoms with E-state index < -0.39 is 0 Å². The summed E-state index contributed by atoms with van der Waals surface area (Å²) in [6, 6.07) is 19.8. The van der Waals surface area contributed by atoms with Gasteiger partial charge in [0.1, 0.15) is 5.82 Å². The van der Waals surface area contributed by atoms with Crippen LogP contribution in [0, 0.1) is 0 Å². The van der Waals surface area contributed by atoms with Crippen molar-refractivity contribution in [2.75, 3.05) is 31.1 Å². The average molecular weight is 441 g/mol. The summed E-state index contributed by atoms with van der Waals surface area (Å²) in [6.45, 7) is 9.25. The molecular weight excluding hydrogens is 412 g/mol. The van der Waals surface area contributed by atoms with E-state index in [-0.39, 0.29) is 11.3 Å². The molecule has 0 unspecified atom stereocenters. The van der Waals surface area contributed by atoms with Crippen LogP contribution in [0.2, 0.25) is 0 Å². The van der Waals surface area contributed by atoms with Crippen molar-refractivity contribution in [1.29, 1.82) is 0 Å². The lowest BCUT2D eigenvalue weighted by atomic mass is 9.86. The quantitative estimate of drug-likeness (QED) is 0.441. The number of amides is 1. The van der Waals surface area contributed by atoms with E-state index in [1.165, 1.54) is 5.56 Å². The third kappa shape index (κ3) is 4.21. The number of benzene rings is 2. The molecule has 1 aliphatic heterocycles. The largest absolute Gasteiger partial charge is 0.461 e. The van der Waals surface area contributed by atoms with Crippen LogP contribution in [0.25, 0.3) is 22.5 Å². The van der Waals surface area contributed by atoms with Gasteiger partial charge in [-0.15, -0.1) is 0 Å². The highest BCUT2D eigenvalue weighted by Crippen LogP contribution is 2.29. The van der Waals surface area contributed by atoms with Gasteiger partial charge in [-0.25, -0.2) is 9.97 Å². The zero-order valence-electron chi connectivity index (χ0n) is 19.3. The van der Waals surface area contributed by atoms with Gasteiger partial charge >= 0.3 is 0 Å². The first-order chi connectivity index (χ1) is 15.9. The van der Waals surface area contributed by atoms with E-state index in [9.17, 15) is 4.79 Å². The lowest BCUT2D eigenvalue weighted by Crippen LogP contribution is -2.49. The van der Waals surface area contributed by atoms with Gasteiger partial charge in [-0.2, -0.15) is 0 Å². The maximum Gasteiger partial charge on any atom is 0.253 e. The third-order valence-corrected chi connectivity index (χ3v) is 6.19. The molecule has 0 atom stereocenters. The molecule has 1 amide bonds. The standard InChI is InChI=1S/C27H28N4O2/c1-27(2,3)20-12-10-19(11-13-20)26(32)31-16-14-30(15-17-31)25-21-7-4-5-8-22(21)28-24(29-25)23-9-6-18-33-23/h4-13,18H,14-17H2,1-3H3. The van der Waals surface area contributed by atoms with Crippen LogP contribution in [0.5, 0.6) is 0 Å². The number of nitrogens with zero attached hydrogens (tertiary/aromatic N) is 4. The van der Waals surface area contributed by atoms with Crippen LogP contribution in [0.3, 0.4) is 0 Å². The number of aromatic nitrogens is 2. The van der Waals surface area contributed by atoms with E-state index in [0.29, 0.717) is 37.8 Å². The molecule has 0 bridgehead atoms. The molecule has 168 valence electrons. The molecule has 3 heterocycles. The van der Waals surface area contributed by atoms with Crippen molar-refractivity contribution in [2.24, 2.45) is 0 Å². The van der Waals surface area contributed by atoms with Gasteiger partial charge in [0.15, 0.2) is 11.6 Å². The fraction of sp³-hybridized carbons (Fsp3) is 0.296. The lowest BCUT2D eigenvalue weighted by molar-refractivity contribution is 0.0746. The Morgan fingerprint density at radius 1 is 0.879 bits per heavy atom. The minimum Gasteiger partial charge on any atom is -0.461 e. The Morgan fingerprint density at radius 2 is 1.61 bits per heavy atom. The number of piperazine rings is 1. The first kappa shape index (κ1) is 21.2. The monoisotopic (exact) mass is 440 g/mol. The summed E-state index contributed by atoms with van der Waals surface area (Å²) in [5.74, 6) is 2.19. The van der Waals surface area contributed by atoms with Crippen LogP contribution >= 0.6 is 0 Å². The Labute approximate surface area is 193 Å². The van der Waals surface area contributed by atoms with Crippen molar-refractivity contribution in [2.45, 2.75) is 26.2 Å². The first-order valence-electron chi connectivity index (χ1n) is 11.4. The summed E-state index contributed by atoms with van der Waals surface area (Å²) in [7, 11) is 0. The number of rotatable bonds is 3. The Balaban J connectivity index is 1.35. The fourth-order valence-electron chi connectivity index (χ4n) is 4.23. The molecule has 0 aliphatic carbocycles. The van der Waals surface area contributed by atoms with E-state index in [2.05, 4.69) is 42.8 Å². The molecule has 2 aromatic heterocycles. The second kappa shape index (κ2) is 8.35. The number of para-hydroxylation sites is 1. The van der Waals surface area contributed by atoms with Crippen molar-refractivity contribution >= 4 is 22.6 Å². The first-order valence-corrected chi connectivity index (χ1v) is 11.4. The predicted molar refractivity (Wildman–Crippen MR) is 130 cm³/mol. The lowest BCUT2D eigenvalue weighted by Gasteiger charge is -2.36. The third-order valence-electron chi connectivity index (χ3n) is 6.19. The SMILES string of the molecule is CC(C)(C)c1ccc(C(=O)N2CCN(c3nc(-c4ccco4)nc4ccccc34)CC2)cc1. The summed E-state index contributed by atoms with van der Waals surface area (Å²) in [4.78, 5) is 26.8. The van der Waals surface area contributed by atoms with E-state index >= 15 is 0 Å². The molecule has 2 aromatic carbocycles. The van der Waals surface area contributed by atoms with Crippen LogP contribution in [0.15, 0.2) is 71.3 Å². The van der Waals surface area contributed by atoms with Crippen LogP contribution in [0.1, 0.15) is 36.7 Å². The molecule has 33 heavy (non-hydrogen) atoms. The average Bonchev–Trinajstić information content (AvgIpc) is 3.38. The van der Waals surface area contributed by atoms with Crippen LogP contribution in [-0.2, 0) is 5.41 Å². The normalized spacial score (nSPS) is 14.6. The summed E-state index contributed by atoms with van der Waals surface area (Å²) in [6.07, 6.45) is 1.63. The number of carbonyl (C=O) groups is 1. The minimum absolute atomic E-state index is 0.0714. The summed E-state index contributed by atoms with van der Waals surface area (Å²) in [5, 5.41) is 1.00. The van der Waals surface area contributed by atoms with Crippen molar-refractivity contribution in [3.8, 4) is 11.6 Å². The van der Waals surface area contributed by atoms with Gasteiger partial charge in [0, 0.05) is 37.1 Å². The van der Waals surface area contributed by atoms with Gasteiger partial charge in [0.05, 0.1) is 11.8 Å². The van der Waals surface area contributed by atoms with E-state index in [4.69, 9.17) is 9.40 Å². The van der Waals surface area contributed by atoms with Crippen LogP contribution < -0.4 is 4.90 Å². The molecule has 0 spiro atoms. The second-order valence-corrected chi connectivity index (χ2v) is 9.47. The van der Waals surface area contributed by atoms with Gasteiger partial charge in [0.25, 0.3) is 5.91 Å². The molecule has 5 rings (SSSR count). The highest BCUT2D eigenvalue weighted by atomic mass is 16.3. The van der Waals surface area contributed by atoms with E-state index in [0.717, 1.165) is 22.3 Å². The summed E-state index contributed by atoms with van der Waals surface area (Å²) < 4.78 is 5.54. The second-order valence-electron chi connectivity index (χ2n) is 9.47. The van der Waals surface area contributed by atoms with Gasteiger partial charge in [-0.1, -0.05) is 45.0 Å². The Morgan fingerprint density at radius 3 is 2.27 bits per heavy atom. The number of hydrogen-bond acceptors (Lipinski definition) is 5. The van der Waals surface area contributed by atoms with Crippen molar-refractivity contribution in [3.05, 3.63) is 78.1 Å². The molecule has 0 N–H and O–H groups in total. The summed E-state index contributed by atoms with van der Waals surface area (Å²) in [5.41, 5.74) is 2.92. The number of fused-ring (bicyclic) bond motifs is 1. The molecule has 1 saturated heterocycles. The predicted octanol–water partition coefficient (Wildman–Crippen LogP) is 5.15. The Bertz CT molecular complexity index is 1270. The smallest absolute Gasteiger partial charge is 0.253 e. The molecule has 0 radical (unpaired) electrons. The van der Waals surface area contributed by atoms with Crippen LogP contribution in [-0.4, -0.2) is 47.0 Å². The Kier molecular flexibility index (Phi) is 5.36. The maximum atomic E-state index is 13.1. The number of furan rings is 1. The minimum atomic E-state index is 0.0714.